The molecule has 0 unspecified atom stereocenters. The Hall–Kier alpha value is -2.50. The standard InChI is InChI=1S/C23H36N4O6.C16H28N2O5/c1-15(28)30-19-16(31-21-20(19)32-22(2,3)33-21)14-26-11-8-23(4,9-12-26)25-13-18(29)27-10-6-7-17(27)24-5;1-10(19)20-12-11(9-18-7-5-16(4,17)6-8-18)21-14-13(12)22-15(2,3)23-14/h16-17,19-21,25H,6-14H2,1-4H3;11-14H,5-9,17H2,1-4H3/t16-,17+,19+,20-,21-;11-,12+,13-,14-/m11/s1. The molecule has 0 saturated carbocycles. The number of amides is 1. The first-order valence-electron chi connectivity index (χ1n) is 20.3. The normalized spacial score (nSPS) is 36.9. The van der Waals surface area contributed by atoms with E-state index < -0.39 is 42.5 Å². The largest absolute Gasteiger partial charge is 0.457 e. The Kier molecular flexibility index (Phi) is 13.1. The molecule has 7 rings (SSSR count). The highest BCUT2D eigenvalue weighted by atomic mass is 16.9. The van der Waals surface area contributed by atoms with Gasteiger partial charge in [-0.1, -0.05) is 0 Å². The number of ether oxygens (including phenoxy) is 8. The van der Waals surface area contributed by atoms with Gasteiger partial charge >= 0.3 is 18.1 Å². The van der Waals surface area contributed by atoms with Crippen LogP contribution in [0.1, 0.15) is 93.9 Å². The first-order valence-corrected chi connectivity index (χ1v) is 20.3. The van der Waals surface area contributed by atoms with Crippen LogP contribution in [0.25, 0.3) is 4.85 Å². The molecular formula is C39H64N6O11. The van der Waals surface area contributed by atoms with E-state index >= 15 is 0 Å². The van der Waals surface area contributed by atoms with Gasteiger partial charge in [-0.3, -0.25) is 24.1 Å². The van der Waals surface area contributed by atoms with Gasteiger partial charge in [0.15, 0.2) is 48.6 Å². The van der Waals surface area contributed by atoms with Crippen LogP contribution in [0.15, 0.2) is 0 Å². The molecule has 0 aromatic heterocycles. The van der Waals surface area contributed by atoms with E-state index in [4.69, 9.17) is 50.2 Å². The number of nitrogens with zero attached hydrogens (tertiary/aromatic N) is 4. The minimum Gasteiger partial charge on any atom is -0.457 e. The van der Waals surface area contributed by atoms with Crippen LogP contribution < -0.4 is 11.1 Å². The average Bonchev–Trinajstić information content (AvgIpc) is 3.90. The molecule has 1 amide bonds. The van der Waals surface area contributed by atoms with Gasteiger partial charge in [-0.2, -0.15) is 0 Å². The van der Waals surface area contributed by atoms with E-state index in [1.807, 2.05) is 27.7 Å². The second kappa shape index (κ2) is 17.0. The summed E-state index contributed by atoms with van der Waals surface area (Å²) in [6.45, 7) is 27.4. The monoisotopic (exact) mass is 792 g/mol. The smallest absolute Gasteiger partial charge is 0.303 e. The molecule has 3 N–H and O–H groups in total. The van der Waals surface area contributed by atoms with Crippen LogP contribution in [-0.2, 0) is 52.3 Å². The maximum atomic E-state index is 12.6. The number of fused-ring (bicyclic) bond motifs is 2. The van der Waals surface area contributed by atoms with Gasteiger partial charge in [-0.25, -0.2) is 6.57 Å². The summed E-state index contributed by atoms with van der Waals surface area (Å²) in [5.74, 6) is -2.16. The molecule has 0 aromatic rings. The van der Waals surface area contributed by atoms with Gasteiger partial charge in [0.05, 0.1) is 6.54 Å². The summed E-state index contributed by atoms with van der Waals surface area (Å²) in [4.78, 5) is 45.6. The molecular weight excluding hydrogens is 728 g/mol. The van der Waals surface area contributed by atoms with Crippen molar-refractivity contribution in [1.29, 1.82) is 0 Å². The third-order valence-electron chi connectivity index (χ3n) is 12.0. The number of carbonyl (C=O) groups excluding carboxylic acids is 3. The molecule has 7 aliphatic heterocycles. The first kappa shape index (κ1) is 43.1. The number of rotatable bonds is 9. The third kappa shape index (κ3) is 10.6. The van der Waals surface area contributed by atoms with Crippen LogP contribution in [0.5, 0.6) is 0 Å². The Bertz CT molecular complexity index is 1450. The lowest BCUT2D eigenvalue weighted by atomic mass is 9.89. The van der Waals surface area contributed by atoms with Crippen molar-refractivity contribution in [3.8, 4) is 0 Å². The number of hydrogen-bond acceptors (Lipinski definition) is 15. The second-order valence-electron chi connectivity index (χ2n) is 17.9. The van der Waals surface area contributed by atoms with Gasteiger partial charge in [0.2, 0.25) is 5.91 Å². The van der Waals surface area contributed by atoms with Gasteiger partial charge in [0.1, 0.15) is 12.2 Å². The lowest BCUT2D eigenvalue weighted by Gasteiger charge is -2.41. The van der Waals surface area contributed by atoms with E-state index in [1.54, 1.807) is 4.90 Å². The molecule has 7 fully saturated rings. The van der Waals surface area contributed by atoms with Crippen LogP contribution >= 0.6 is 0 Å². The summed E-state index contributed by atoms with van der Waals surface area (Å²) in [5, 5.41) is 3.45. The molecule has 0 aromatic carbocycles. The predicted octanol–water partition coefficient (Wildman–Crippen LogP) is 1.71. The Morgan fingerprint density at radius 3 is 1.66 bits per heavy atom. The van der Waals surface area contributed by atoms with E-state index in [0.717, 1.165) is 64.7 Å². The van der Waals surface area contributed by atoms with Crippen LogP contribution in [0, 0.1) is 6.57 Å². The Morgan fingerprint density at radius 2 is 1.21 bits per heavy atom. The van der Waals surface area contributed by atoms with Crippen molar-refractivity contribution in [2.24, 2.45) is 5.73 Å². The van der Waals surface area contributed by atoms with Crippen LogP contribution in [0.4, 0.5) is 0 Å². The lowest BCUT2D eigenvalue weighted by Crippen LogP contribution is -2.55. The van der Waals surface area contributed by atoms with Gasteiger partial charge in [0.25, 0.3) is 0 Å². The topological polar surface area (TPSA) is 177 Å². The molecule has 17 nitrogen and oxygen atoms in total. The van der Waals surface area contributed by atoms with Crippen molar-refractivity contribution in [3.05, 3.63) is 11.4 Å². The fourth-order valence-electron chi connectivity index (χ4n) is 8.78. The van der Waals surface area contributed by atoms with Crippen molar-refractivity contribution in [1.82, 2.24) is 20.0 Å². The van der Waals surface area contributed by atoms with Gasteiger partial charge < -0.3 is 58.7 Å². The Morgan fingerprint density at radius 1 is 0.750 bits per heavy atom. The number of esters is 2. The summed E-state index contributed by atoms with van der Waals surface area (Å²) >= 11 is 0. The van der Waals surface area contributed by atoms with Crippen molar-refractivity contribution in [2.45, 2.75) is 172 Å². The van der Waals surface area contributed by atoms with Crippen LogP contribution in [0.3, 0.4) is 0 Å². The van der Waals surface area contributed by atoms with Gasteiger partial charge in [-0.15, -0.1) is 0 Å². The first-order chi connectivity index (χ1) is 26.2. The molecule has 7 aliphatic rings. The molecule has 0 spiro atoms. The van der Waals surface area contributed by atoms with E-state index in [9.17, 15) is 14.4 Å². The highest BCUT2D eigenvalue weighted by Gasteiger charge is 2.58. The number of nitrogens with two attached hydrogens (primary N) is 1. The quantitative estimate of drug-likeness (QED) is 0.255. The maximum absolute atomic E-state index is 12.6. The molecule has 7 heterocycles. The summed E-state index contributed by atoms with van der Waals surface area (Å²) in [7, 11) is 0. The number of likely N-dealkylation sites (tertiary alicyclic amines) is 3. The van der Waals surface area contributed by atoms with Crippen molar-refractivity contribution in [3.63, 3.8) is 0 Å². The predicted molar refractivity (Wildman–Crippen MR) is 200 cm³/mol. The molecule has 56 heavy (non-hydrogen) atoms. The van der Waals surface area contributed by atoms with Crippen molar-refractivity contribution >= 4 is 17.8 Å². The third-order valence-corrected chi connectivity index (χ3v) is 12.0. The lowest BCUT2D eigenvalue weighted by molar-refractivity contribution is -0.220. The van der Waals surface area contributed by atoms with Crippen molar-refractivity contribution in [2.75, 3.05) is 52.4 Å². The second-order valence-corrected chi connectivity index (χ2v) is 17.9. The summed E-state index contributed by atoms with van der Waals surface area (Å²) < 4.78 is 46.6. The fourth-order valence-corrected chi connectivity index (χ4v) is 8.78. The van der Waals surface area contributed by atoms with Crippen molar-refractivity contribution < 1.29 is 52.3 Å². The Labute approximate surface area is 331 Å². The maximum Gasteiger partial charge on any atom is 0.303 e. The number of hydrogen-bond donors (Lipinski definition) is 2. The van der Waals surface area contributed by atoms with E-state index in [0.29, 0.717) is 19.6 Å². The van der Waals surface area contributed by atoms with Crippen LogP contribution in [-0.4, -0.2) is 163 Å². The minimum absolute atomic E-state index is 0.00944. The number of piperidine rings is 2. The van der Waals surface area contributed by atoms with Gasteiger partial charge in [-0.05, 0) is 99.8 Å². The van der Waals surface area contributed by atoms with E-state index in [1.165, 1.54) is 13.8 Å². The van der Waals surface area contributed by atoms with Crippen LogP contribution in [0.2, 0.25) is 0 Å². The average molecular weight is 793 g/mol. The molecule has 17 heteroatoms. The summed E-state index contributed by atoms with van der Waals surface area (Å²) in [6.07, 6.45) is 1.70. The zero-order valence-corrected chi connectivity index (χ0v) is 34.5. The minimum atomic E-state index is -0.765. The SMILES string of the molecule is CC(=O)O[C@@H]1[C@H]2OC(C)(C)O[C@H]2O[C@@H]1CN1CCC(C)(N)CC1.[C-]#[N+][C@@H]1CCCN1C(=O)CNC1(C)CCN(C[C@H]2O[C@@H]3OC(C)(C)O[C@@H]3[C@H]2OC(C)=O)CC1. The highest BCUT2D eigenvalue weighted by molar-refractivity contribution is 5.79. The van der Waals surface area contributed by atoms with E-state index in [2.05, 4.69) is 33.8 Å². The Balaban J connectivity index is 0.000000202. The molecule has 0 bridgehead atoms. The highest BCUT2D eigenvalue weighted by Crippen LogP contribution is 2.41. The van der Waals surface area contributed by atoms with E-state index in [-0.39, 0.29) is 59.9 Å². The fraction of sp³-hybridized carbons (Fsp3) is 0.897. The molecule has 316 valence electrons. The number of carbonyl (C=O) groups is 3. The van der Waals surface area contributed by atoms with Gasteiger partial charge in [0, 0.05) is 51.0 Å². The molecule has 0 aliphatic carbocycles. The summed E-state index contributed by atoms with van der Waals surface area (Å²) in [5.41, 5.74) is 5.95. The zero-order chi connectivity index (χ0) is 40.6. The zero-order valence-electron chi connectivity index (χ0n) is 34.5. The summed E-state index contributed by atoms with van der Waals surface area (Å²) in [6, 6.07) is 0. The molecule has 7 saturated heterocycles. The number of nitrogens with one attached hydrogen (secondary N) is 1. The molecule has 9 atom stereocenters. The molecule has 0 radical (unpaired) electrons.